The molecule has 0 spiro atoms. The average Bonchev–Trinajstić information content (AvgIpc) is 2.78. The van der Waals surface area contributed by atoms with Crippen LogP contribution in [0, 0.1) is 0 Å². The molecular weight excluding hydrogens is 366 g/mol. The van der Waals surface area contributed by atoms with Crippen LogP contribution >= 0.6 is 0 Å². The van der Waals surface area contributed by atoms with Crippen molar-refractivity contribution in [3.63, 3.8) is 0 Å². The summed E-state index contributed by atoms with van der Waals surface area (Å²) in [5.41, 5.74) is 2.16. The first-order chi connectivity index (χ1) is 14.1. The molecule has 1 heterocycles. The standard InChI is InChI=1S/C23H29N3O3/c1-18(19-9-4-2-5-10-19)25-23(28)22(27)24-13-8-14-26-15-16-29-21(17-26)20-11-6-3-7-12-20/h2-7,9-12,18,21H,8,13-17H2,1H3,(H,24,27)(H,25,28)/t18-,21-/m0/s1. The Morgan fingerprint density at radius 1 is 1.07 bits per heavy atom. The molecule has 1 fully saturated rings. The van der Waals surface area contributed by atoms with E-state index in [9.17, 15) is 9.59 Å². The SMILES string of the molecule is C[C@H](NC(=O)C(=O)NCCCN1CCO[C@H](c2ccccc2)C1)c1ccccc1. The second-order valence-corrected chi connectivity index (χ2v) is 7.29. The molecule has 0 radical (unpaired) electrons. The van der Waals surface area contributed by atoms with E-state index in [1.807, 2.05) is 55.5 Å². The normalized spacial score (nSPS) is 18.0. The van der Waals surface area contributed by atoms with E-state index >= 15 is 0 Å². The summed E-state index contributed by atoms with van der Waals surface area (Å²) in [5, 5.41) is 5.45. The molecule has 6 heteroatoms. The van der Waals surface area contributed by atoms with Gasteiger partial charge in [-0.15, -0.1) is 0 Å². The molecule has 1 saturated heterocycles. The summed E-state index contributed by atoms with van der Waals surface area (Å²) < 4.78 is 5.88. The Morgan fingerprint density at radius 3 is 2.48 bits per heavy atom. The minimum absolute atomic E-state index is 0.0878. The number of rotatable bonds is 7. The largest absolute Gasteiger partial charge is 0.371 e. The molecule has 2 N–H and O–H groups in total. The van der Waals surface area contributed by atoms with Crippen molar-refractivity contribution in [2.24, 2.45) is 0 Å². The molecule has 1 aliphatic rings. The highest BCUT2D eigenvalue weighted by Crippen LogP contribution is 2.21. The fourth-order valence-electron chi connectivity index (χ4n) is 3.45. The lowest BCUT2D eigenvalue weighted by atomic mass is 10.1. The van der Waals surface area contributed by atoms with Crippen molar-refractivity contribution in [3.05, 3.63) is 71.8 Å². The number of morpholine rings is 1. The molecular formula is C23H29N3O3. The molecule has 2 aromatic rings. The van der Waals surface area contributed by atoms with Crippen LogP contribution in [-0.4, -0.2) is 49.5 Å². The summed E-state index contributed by atoms with van der Waals surface area (Å²) in [5.74, 6) is -1.19. The molecule has 2 amide bonds. The Labute approximate surface area is 172 Å². The minimum atomic E-state index is -0.600. The maximum Gasteiger partial charge on any atom is 0.309 e. The van der Waals surface area contributed by atoms with Crippen LogP contribution < -0.4 is 10.6 Å². The highest BCUT2D eigenvalue weighted by atomic mass is 16.5. The molecule has 2 aromatic carbocycles. The van der Waals surface area contributed by atoms with E-state index in [1.165, 1.54) is 5.56 Å². The summed E-state index contributed by atoms with van der Waals surface area (Å²) in [7, 11) is 0. The van der Waals surface area contributed by atoms with Gasteiger partial charge in [-0.25, -0.2) is 0 Å². The smallest absolute Gasteiger partial charge is 0.309 e. The highest BCUT2D eigenvalue weighted by Gasteiger charge is 2.21. The lowest BCUT2D eigenvalue weighted by molar-refractivity contribution is -0.139. The fraction of sp³-hybridized carbons (Fsp3) is 0.391. The summed E-state index contributed by atoms with van der Waals surface area (Å²) in [6.07, 6.45) is 0.874. The molecule has 29 heavy (non-hydrogen) atoms. The minimum Gasteiger partial charge on any atom is -0.371 e. The van der Waals surface area contributed by atoms with Crippen LogP contribution in [0.25, 0.3) is 0 Å². The molecule has 0 aromatic heterocycles. The Hall–Kier alpha value is -2.70. The van der Waals surface area contributed by atoms with Crippen molar-refractivity contribution < 1.29 is 14.3 Å². The first-order valence-electron chi connectivity index (χ1n) is 10.2. The van der Waals surface area contributed by atoms with E-state index in [-0.39, 0.29) is 12.1 Å². The van der Waals surface area contributed by atoms with Crippen LogP contribution in [-0.2, 0) is 14.3 Å². The van der Waals surface area contributed by atoms with Crippen molar-refractivity contribution in [2.75, 3.05) is 32.8 Å². The molecule has 154 valence electrons. The quantitative estimate of drug-likeness (QED) is 0.558. The van der Waals surface area contributed by atoms with E-state index in [2.05, 4.69) is 27.7 Å². The van der Waals surface area contributed by atoms with Crippen LogP contribution in [0.1, 0.15) is 36.6 Å². The van der Waals surface area contributed by atoms with Crippen LogP contribution in [0.2, 0.25) is 0 Å². The number of hydrogen-bond donors (Lipinski definition) is 2. The fourth-order valence-corrected chi connectivity index (χ4v) is 3.45. The predicted octanol–water partition coefficient (Wildman–Crippen LogP) is 2.44. The molecule has 0 bridgehead atoms. The zero-order chi connectivity index (χ0) is 20.5. The number of nitrogens with one attached hydrogen (secondary N) is 2. The van der Waals surface area contributed by atoms with Gasteiger partial charge in [-0.1, -0.05) is 60.7 Å². The van der Waals surface area contributed by atoms with Crippen LogP contribution in [0.5, 0.6) is 0 Å². The molecule has 3 rings (SSSR count). The summed E-state index contributed by atoms with van der Waals surface area (Å²) >= 11 is 0. The Bertz CT molecular complexity index is 782. The molecule has 0 unspecified atom stereocenters. The monoisotopic (exact) mass is 395 g/mol. The van der Waals surface area contributed by atoms with E-state index in [1.54, 1.807) is 0 Å². The van der Waals surface area contributed by atoms with Gasteiger partial charge in [0.2, 0.25) is 0 Å². The van der Waals surface area contributed by atoms with Gasteiger partial charge in [0.1, 0.15) is 0 Å². The number of amides is 2. The summed E-state index contributed by atoms with van der Waals surface area (Å²) in [4.78, 5) is 26.5. The van der Waals surface area contributed by atoms with E-state index in [0.717, 1.165) is 31.6 Å². The Balaban J connectivity index is 1.35. The van der Waals surface area contributed by atoms with Crippen molar-refractivity contribution in [1.82, 2.24) is 15.5 Å². The van der Waals surface area contributed by atoms with E-state index < -0.39 is 11.8 Å². The van der Waals surface area contributed by atoms with Gasteiger partial charge in [-0.2, -0.15) is 0 Å². The summed E-state index contributed by atoms with van der Waals surface area (Å²) in [6.45, 7) is 5.61. The van der Waals surface area contributed by atoms with Gasteiger partial charge >= 0.3 is 11.8 Å². The number of carbonyl (C=O) groups excluding carboxylic acids is 2. The molecule has 6 nitrogen and oxygen atoms in total. The number of benzene rings is 2. The number of nitrogens with zero attached hydrogens (tertiary/aromatic N) is 1. The van der Waals surface area contributed by atoms with Gasteiger partial charge < -0.3 is 15.4 Å². The first-order valence-corrected chi connectivity index (χ1v) is 10.2. The topological polar surface area (TPSA) is 70.7 Å². The average molecular weight is 396 g/mol. The predicted molar refractivity (Wildman–Crippen MR) is 112 cm³/mol. The second-order valence-electron chi connectivity index (χ2n) is 7.29. The third kappa shape index (κ3) is 6.41. The van der Waals surface area contributed by atoms with Gasteiger partial charge in [0.15, 0.2) is 0 Å². The van der Waals surface area contributed by atoms with Crippen molar-refractivity contribution in [2.45, 2.75) is 25.5 Å². The molecule has 0 aliphatic carbocycles. The maximum absolute atomic E-state index is 12.1. The zero-order valence-electron chi connectivity index (χ0n) is 16.8. The Kier molecular flexibility index (Phi) is 7.78. The number of carbonyl (C=O) groups is 2. The van der Waals surface area contributed by atoms with Gasteiger partial charge in [0, 0.05) is 26.2 Å². The molecule has 1 aliphatic heterocycles. The summed E-state index contributed by atoms with van der Waals surface area (Å²) in [6, 6.07) is 19.6. The van der Waals surface area contributed by atoms with Crippen molar-refractivity contribution in [1.29, 1.82) is 0 Å². The first kappa shape index (κ1) is 21.0. The van der Waals surface area contributed by atoms with E-state index in [4.69, 9.17) is 4.74 Å². The lowest BCUT2D eigenvalue weighted by Crippen LogP contribution is -2.43. The van der Waals surface area contributed by atoms with Gasteiger partial charge in [0.25, 0.3) is 0 Å². The van der Waals surface area contributed by atoms with Crippen LogP contribution in [0.4, 0.5) is 0 Å². The number of hydrogen-bond acceptors (Lipinski definition) is 4. The number of ether oxygens (including phenoxy) is 1. The Morgan fingerprint density at radius 2 is 1.76 bits per heavy atom. The van der Waals surface area contributed by atoms with Gasteiger partial charge in [-0.3, -0.25) is 14.5 Å². The van der Waals surface area contributed by atoms with Crippen LogP contribution in [0.3, 0.4) is 0 Å². The highest BCUT2D eigenvalue weighted by molar-refractivity contribution is 6.35. The van der Waals surface area contributed by atoms with E-state index in [0.29, 0.717) is 13.2 Å². The molecule has 0 saturated carbocycles. The third-order valence-corrected chi connectivity index (χ3v) is 5.11. The van der Waals surface area contributed by atoms with Crippen LogP contribution in [0.15, 0.2) is 60.7 Å². The third-order valence-electron chi connectivity index (χ3n) is 5.11. The molecule has 2 atom stereocenters. The second kappa shape index (κ2) is 10.7. The zero-order valence-corrected chi connectivity index (χ0v) is 16.8. The van der Waals surface area contributed by atoms with Gasteiger partial charge in [0.05, 0.1) is 18.8 Å². The van der Waals surface area contributed by atoms with Crippen molar-refractivity contribution in [3.8, 4) is 0 Å². The lowest BCUT2D eigenvalue weighted by Gasteiger charge is -2.33. The van der Waals surface area contributed by atoms with Gasteiger partial charge in [-0.05, 0) is 24.5 Å². The van der Waals surface area contributed by atoms with Crippen molar-refractivity contribution >= 4 is 11.8 Å². The maximum atomic E-state index is 12.1.